The Morgan fingerprint density at radius 1 is 1.08 bits per heavy atom. The van der Waals surface area contributed by atoms with Gasteiger partial charge in [0.1, 0.15) is 17.7 Å². The quantitative estimate of drug-likeness (QED) is 0.201. The van der Waals surface area contributed by atoms with Crippen molar-refractivity contribution < 1.29 is 33.8 Å². The number of aliphatic hydroxyl groups is 1. The van der Waals surface area contributed by atoms with Gasteiger partial charge in [-0.1, -0.05) is 86.7 Å². The fourth-order valence-electron chi connectivity index (χ4n) is 7.92. The highest BCUT2D eigenvalue weighted by Crippen LogP contribution is 2.59. The van der Waals surface area contributed by atoms with Crippen molar-refractivity contribution in [2.45, 2.75) is 88.9 Å². The highest BCUT2D eigenvalue weighted by Gasteiger charge is 2.76. The van der Waals surface area contributed by atoms with Crippen LogP contribution in [-0.2, 0) is 35.2 Å². The lowest BCUT2D eigenvalue weighted by molar-refractivity contribution is -0.163. The van der Waals surface area contributed by atoms with Crippen molar-refractivity contribution in [2.75, 3.05) is 13.2 Å². The van der Waals surface area contributed by atoms with Crippen molar-refractivity contribution in [2.24, 2.45) is 17.8 Å². The molecule has 0 aliphatic carbocycles. The molecule has 8 atom stereocenters. The molecule has 10 heteroatoms. The lowest BCUT2D eigenvalue weighted by Gasteiger charge is -2.40. The van der Waals surface area contributed by atoms with Crippen LogP contribution in [0.25, 0.3) is 0 Å². The van der Waals surface area contributed by atoms with E-state index in [-0.39, 0.29) is 37.3 Å². The number of carbonyl (C=O) groups is 4. The van der Waals surface area contributed by atoms with E-state index < -0.39 is 59.6 Å². The van der Waals surface area contributed by atoms with Crippen LogP contribution in [0.4, 0.5) is 0 Å². The minimum absolute atomic E-state index is 0.183. The van der Waals surface area contributed by atoms with Gasteiger partial charge in [0.05, 0.1) is 36.6 Å². The lowest BCUT2D eigenvalue weighted by Crippen LogP contribution is -2.59. The number of rotatable bonds is 16. The summed E-state index contributed by atoms with van der Waals surface area (Å²) in [5.41, 5.74) is 0.342. The molecule has 1 spiro atoms. The van der Waals surface area contributed by atoms with Gasteiger partial charge in [-0.2, -0.15) is 0 Å². The maximum Gasteiger partial charge on any atom is 0.313 e. The van der Waals surface area contributed by atoms with E-state index in [0.717, 1.165) is 5.56 Å². The second kappa shape index (κ2) is 15.5. The van der Waals surface area contributed by atoms with Gasteiger partial charge < -0.3 is 29.7 Å². The summed E-state index contributed by atoms with van der Waals surface area (Å²) in [6.07, 6.45) is 3.50. The molecule has 0 saturated carbocycles. The molecule has 3 fully saturated rings. The van der Waals surface area contributed by atoms with Gasteiger partial charge in [-0.3, -0.25) is 19.2 Å². The standard InChI is InChI=1S/C39H49N3O7/c1-6-8-19-31(44)40-26(5)34(28-17-13-10-14-18-28)48-38(47)32-30-20-21-39(49-30)33(32)36(45)42(29(24-43)25(3)4)35(39)37(46)41(22-7-2)23-27-15-11-9-12-16-27/h6-7,9-18,25-26,29-30,32-35,43H,1-2,8,19-24H2,3-5H3,(H,40,44)/t26-,29-,30-,32+,33+,34-,35-,39+/m0/s1. The van der Waals surface area contributed by atoms with Crippen LogP contribution < -0.4 is 5.32 Å². The van der Waals surface area contributed by atoms with Gasteiger partial charge in [-0.25, -0.2) is 0 Å². The zero-order chi connectivity index (χ0) is 35.3. The summed E-state index contributed by atoms with van der Waals surface area (Å²) < 4.78 is 12.9. The molecule has 5 rings (SSSR count). The molecule has 2 aromatic carbocycles. The van der Waals surface area contributed by atoms with Gasteiger partial charge in [0.25, 0.3) is 0 Å². The van der Waals surface area contributed by atoms with Crippen molar-refractivity contribution in [3.63, 3.8) is 0 Å². The van der Waals surface area contributed by atoms with Crippen LogP contribution in [0.15, 0.2) is 86.0 Å². The number of ether oxygens (including phenoxy) is 2. The smallest absolute Gasteiger partial charge is 0.313 e. The number of hydrogen-bond acceptors (Lipinski definition) is 7. The molecule has 2 aromatic rings. The molecule has 3 aliphatic heterocycles. The van der Waals surface area contributed by atoms with Gasteiger partial charge in [-0.15, -0.1) is 13.2 Å². The Balaban J connectivity index is 1.49. The van der Waals surface area contributed by atoms with Crippen LogP contribution in [0, 0.1) is 17.8 Å². The monoisotopic (exact) mass is 671 g/mol. The Hall–Kier alpha value is -4.28. The van der Waals surface area contributed by atoms with E-state index >= 15 is 0 Å². The number of nitrogens with one attached hydrogen (secondary N) is 1. The SMILES string of the molecule is C=CCCC(=O)N[C@@H](C)[C@H](OC(=O)[C@@H]1[C@@H]2CC[C@]3(O2)[C@H](C(=O)N(CC=C)Cc2ccccc2)N([C@@H](CO)C(C)C)C(=O)[C@@H]13)c1ccccc1. The second-order valence-corrected chi connectivity index (χ2v) is 13.7. The summed E-state index contributed by atoms with van der Waals surface area (Å²) in [7, 11) is 0. The minimum Gasteiger partial charge on any atom is -0.455 e. The summed E-state index contributed by atoms with van der Waals surface area (Å²) in [5, 5.41) is 13.5. The number of carbonyl (C=O) groups excluding carboxylic acids is 4. The molecule has 0 aromatic heterocycles. The zero-order valence-corrected chi connectivity index (χ0v) is 28.7. The van der Waals surface area contributed by atoms with E-state index in [4.69, 9.17) is 9.47 Å². The minimum atomic E-state index is -1.27. The van der Waals surface area contributed by atoms with Crippen LogP contribution in [0.1, 0.15) is 63.7 Å². The van der Waals surface area contributed by atoms with Gasteiger partial charge in [-0.05, 0) is 43.2 Å². The maximum atomic E-state index is 14.7. The first-order chi connectivity index (χ1) is 23.6. The third-order valence-electron chi connectivity index (χ3n) is 10.2. The molecular formula is C39H49N3O7. The van der Waals surface area contributed by atoms with Crippen LogP contribution in [0.2, 0.25) is 0 Å². The van der Waals surface area contributed by atoms with Crippen molar-refractivity contribution in [3.8, 4) is 0 Å². The van der Waals surface area contributed by atoms with Gasteiger partial charge in [0, 0.05) is 19.5 Å². The molecule has 3 aliphatic rings. The number of allylic oxidation sites excluding steroid dienone is 1. The number of benzene rings is 2. The van der Waals surface area contributed by atoms with Crippen LogP contribution in [0.5, 0.6) is 0 Å². The number of hydrogen-bond donors (Lipinski definition) is 2. The number of esters is 1. The second-order valence-electron chi connectivity index (χ2n) is 13.7. The molecule has 2 bridgehead atoms. The molecule has 3 saturated heterocycles. The van der Waals surface area contributed by atoms with E-state index in [2.05, 4.69) is 18.5 Å². The van der Waals surface area contributed by atoms with Crippen LogP contribution >= 0.6 is 0 Å². The highest BCUT2D eigenvalue weighted by molar-refractivity contribution is 5.98. The summed E-state index contributed by atoms with van der Waals surface area (Å²) >= 11 is 0. The highest BCUT2D eigenvalue weighted by atomic mass is 16.6. The fourth-order valence-corrected chi connectivity index (χ4v) is 7.92. The maximum absolute atomic E-state index is 14.7. The predicted molar refractivity (Wildman–Crippen MR) is 185 cm³/mol. The molecular weight excluding hydrogens is 622 g/mol. The topological polar surface area (TPSA) is 125 Å². The van der Waals surface area contributed by atoms with Gasteiger partial charge >= 0.3 is 5.97 Å². The lowest BCUT2D eigenvalue weighted by atomic mass is 9.70. The first-order valence-corrected chi connectivity index (χ1v) is 17.3. The predicted octanol–water partition coefficient (Wildman–Crippen LogP) is 4.35. The Kier molecular flexibility index (Phi) is 11.4. The van der Waals surface area contributed by atoms with E-state index in [1.165, 1.54) is 4.90 Å². The van der Waals surface area contributed by atoms with Gasteiger partial charge in [0.2, 0.25) is 17.7 Å². The first-order valence-electron chi connectivity index (χ1n) is 17.3. The Bertz CT molecular complexity index is 1510. The summed E-state index contributed by atoms with van der Waals surface area (Å²) in [5.74, 6) is -3.64. The van der Waals surface area contributed by atoms with E-state index in [0.29, 0.717) is 31.4 Å². The molecule has 2 N–H and O–H groups in total. The molecule has 3 heterocycles. The van der Waals surface area contributed by atoms with Crippen molar-refractivity contribution >= 4 is 23.7 Å². The Morgan fingerprint density at radius 3 is 2.37 bits per heavy atom. The number of amides is 3. The third kappa shape index (κ3) is 7.07. The summed E-state index contributed by atoms with van der Waals surface area (Å²) in [4.78, 5) is 59.5. The molecule has 3 amide bonds. The first kappa shape index (κ1) is 36.0. The Morgan fingerprint density at radius 2 is 1.76 bits per heavy atom. The van der Waals surface area contributed by atoms with Crippen molar-refractivity contribution in [1.29, 1.82) is 0 Å². The van der Waals surface area contributed by atoms with Crippen LogP contribution in [-0.4, -0.2) is 81.6 Å². The van der Waals surface area contributed by atoms with Crippen LogP contribution in [0.3, 0.4) is 0 Å². The largest absolute Gasteiger partial charge is 0.455 e. The molecule has 0 radical (unpaired) electrons. The van der Waals surface area contributed by atoms with E-state index in [1.54, 1.807) is 24.0 Å². The number of aliphatic hydroxyl groups excluding tert-OH is 1. The fraction of sp³-hybridized carbons (Fsp3) is 0.487. The van der Waals surface area contributed by atoms with Crippen molar-refractivity contribution in [3.05, 3.63) is 97.1 Å². The average Bonchev–Trinajstić information content (AvgIpc) is 3.74. The van der Waals surface area contributed by atoms with E-state index in [9.17, 15) is 24.3 Å². The van der Waals surface area contributed by atoms with E-state index in [1.807, 2.05) is 74.5 Å². The summed E-state index contributed by atoms with van der Waals surface area (Å²) in [6.45, 7) is 13.3. The molecule has 49 heavy (non-hydrogen) atoms. The summed E-state index contributed by atoms with van der Waals surface area (Å²) in [6, 6.07) is 16.4. The number of fused-ring (bicyclic) bond motifs is 1. The zero-order valence-electron chi connectivity index (χ0n) is 28.7. The van der Waals surface area contributed by atoms with Crippen molar-refractivity contribution in [1.82, 2.24) is 15.1 Å². The number of likely N-dealkylation sites (tertiary alicyclic amines) is 1. The molecule has 0 unspecified atom stereocenters. The Labute approximate surface area is 289 Å². The van der Waals surface area contributed by atoms with Gasteiger partial charge in [0.15, 0.2) is 0 Å². The average molecular weight is 672 g/mol. The molecule has 262 valence electrons. The normalized spacial score (nSPS) is 25.7. The third-order valence-corrected chi connectivity index (χ3v) is 10.2. The molecule has 10 nitrogen and oxygen atoms in total. The number of nitrogens with zero attached hydrogens (tertiary/aromatic N) is 2.